The molecule has 2 aliphatic heterocycles. The Morgan fingerprint density at radius 3 is 1.62 bits per heavy atom. The Bertz CT molecular complexity index is 945. The van der Waals surface area contributed by atoms with Crippen molar-refractivity contribution in [2.45, 2.75) is 64.2 Å². The normalized spacial score (nSPS) is 15.7. The lowest BCUT2D eigenvalue weighted by Crippen LogP contribution is -2.31. The number of H-pyrrole nitrogens is 1. The summed E-state index contributed by atoms with van der Waals surface area (Å²) in [5, 5.41) is 18.9. The molecule has 1 aromatic rings. The minimum Gasteiger partial charge on any atom is -0.386 e. The molecule has 15 heteroatoms. The summed E-state index contributed by atoms with van der Waals surface area (Å²) in [5.41, 5.74) is 1.87. The molecule has 1 aromatic heterocycles. The van der Waals surface area contributed by atoms with Gasteiger partial charge in [-0.15, -0.1) is 5.10 Å². The SMILES string of the molecule is C.CC(C)(N=NC(C)(C)C1=CCCN1)C1=CCCN1.O=S(=O)(F)c1n[nH]c(F)n1.O=S=O. The quantitative estimate of drug-likeness (QED) is 0.413. The van der Waals surface area contributed by atoms with E-state index in [2.05, 4.69) is 70.8 Å². The summed E-state index contributed by atoms with van der Waals surface area (Å²) in [6.07, 6.45) is 5.38. The third kappa shape index (κ3) is 9.30. The Hall–Kier alpha value is -2.55. The number of nitrogens with zero attached hydrogens (tertiary/aromatic N) is 4. The lowest BCUT2D eigenvalue weighted by molar-refractivity contribution is 0.470. The highest BCUT2D eigenvalue weighted by molar-refractivity contribution is 7.86. The van der Waals surface area contributed by atoms with Gasteiger partial charge in [0.15, 0.2) is 0 Å². The summed E-state index contributed by atoms with van der Waals surface area (Å²) in [4.78, 5) is 2.59. The highest BCUT2D eigenvalue weighted by Gasteiger charge is 2.29. The molecule has 0 radical (unpaired) electrons. The predicted octanol–water partition coefficient (Wildman–Crippen LogP) is 2.32. The second-order valence-electron chi connectivity index (χ2n) is 7.40. The van der Waals surface area contributed by atoms with Crippen molar-refractivity contribution < 1.29 is 25.1 Å². The summed E-state index contributed by atoms with van der Waals surface area (Å²) in [7, 11) is -4.98. The van der Waals surface area contributed by atoms with Crippen LogP contribution in [0.2, 0.25) is 0 Å². The van der Waals surface area contributed by atoms with Gasteiger partial charge in [-0.05, 0) is 40.5 Å². The van der Waals surface area contributed by atoms with Crippen LogP contribution in [0, 0.1) is 6.08 Å². The maximum absolute atomic E-state index is 11.8. The summed E-state index contributed by atoms with van der Waals surface area (Å²) < 4.78 is 59.9. The largest absolute Gasteiger partial charge is 0.386 e. The van der Waals surface area contributed by atoms with E-state index in [0.717, 1.165) is 25.9 Å². The number of azo groups is 1. The van der Waals surface area contributed by atoms with E-state index in [1.165, 1.54) is 16.5 Å². The number of hydrogen-bond donors (Lipinski definition) is 3. The molecule has 0 bridgehead atoms. The van der Waals surface area contributed by atoms with Gasteiger partial charge >= 0.3 is 33.0 Å². The van der Waals surface area contributed by atoms with Gasteiger partial charge in [0.05, 0.1) is 0 Å². The molecule has 0 saturated heterocycles. The van der Waals surface area contributed by atoms with Crippen LogP contribution in [-0.2, 0) is 21.8 Å². The Labute approximate surface area is 190 Å². The molecule has 0 saturated carbocycles. The first-order chi connectivity index (χ1) is 14.3. The highest BCUT2D eigenvalue weighted by atomic mass is 32.3. The molecule has 3 rings (SSSR count). The maximum atomic E-state index is 11.8. The van der Waals surface area contributed by atoms with E-state index in [-0.39, 0.29) is 18.5 Å². The summed E-state index contributed by atoms with van der Waals surface area (Å²) in [5.74, 6) is 0. The Morgan fingerprint density at radius 2 is 1.41 bits per heavy atom. The fraction of sp³-hybridized carbons (Fsp3) is 0.647. The topological polar surface area (TPSA) is 159 Å². The van der Waals surface area contributed by atoms with Crippen LogP contribution >= 0.6 is 0 Å². The fourth-order valence-corrected chi connectivity index (χ4v) is 2.96. The molecule has 0 unspecified atom stereocenters. The number of aromatic amines is 1. The van der Waals surface area contributed by atoms with Gasteiger partial charge in [-0.1, -0.05) is 23.5 Å². The molecule has 0 aromatic carbocycles. The van der Waals surface area contributed by atoms with Gasteiger partial charge in [0, 0.05) is 24.5 Å². The van der Waals surface area contributed by atoms with Gasteiger partial charge in [0.25, 0.3) is 0 Å². The van der Waals surface area contributed by atoms with Crippen LogP contribution < -0.4 is 10.6 Å². The van der Waals surface area contributed by atoms with Crippen molar-refractivity contribution in [3.63, 3.8) is 0 Å². The van der Waals surface area contributed by atoms with Crippen LogP contribution in [0.4, 0.5) is 8.28 Å². The van der Waals surface area contributed by atoms with Crippen LogP contribution in [0.15, 0.2) is 38.9 Å². The van der Waals surface area contributed by atoms with Gasteiger partial charge < -0.3 is 10.6 Å². The number of nitrogens with one attached hydrogen (secondary N) is 3. The number of rotatable bonds is 5. The van der Waals surface area contributed by atoms with E-state index in [9.17, 15) is 16.7 Å². The molecule has 0 aliphatic carbocycles. The lowest BCUT2D eigenvalue weighted by Gasteiger charge is -2.25. The van der Waals surface area contributed by atoms with Crippen LogP contribution in [0.1, 0.15) is 48.0 Å². The van der Waals surface area contributed by atoms with E-state index in [1.54, 1.807) is 0 Å². The Morgan fingerprint density at radius 1 is 1.00 bits per heavy atom. The molecule has 182 valence electrons. The smallest absolute Gasteiger partial charge is 0.370 e. The van der Waals surface area contributed by atoms with Gasteiger partial charge in [-0.25, -0.2) is 5.10 Å². The van der Waals surface area contributed by atoms with E-state index in [1.807, 2.05) is 0 Å². The predicted molar refractivity (Wildman–Crippen MR) is 115 cm³/mol. The third-order valence-corrected chi connectivity index (χ3v) is 4.76. The monoisotopic (exact) mass is 497 g/mol. The first-order valence-electron chi connectivity index (χ1n) is 9.11. The van der Waals surface area contributed by atoms with Crippen molar-refractivity contribution in [3.05, 3.63) is 29.6 Å². The zero-order chi connectivity index (χ0) is 23.7. The van der Waals surface area contributed by atoms with Crippen LogP contribution in [-0.4, -0.2) is 56.2 Å². The van der Waals surface area contributed by atoms with Gasteiger partial charge in [0.1, 0.15) is 11.1 Å². The first kappa shape index (κ1) is 29.5. The second kappa shape index (κ2) is 12.5. The van der Waals surface area contributed by atoms with Crippen molar-refractivity contribution >= 4 is 21.8 Å². The summed E-state index contributed by atoms with van der Waals surface area (Å²) >= 11 is -0.750. The second-order valence-corrected chi connectivity index (χ2v) is 8.78. The summed E-state index contributed by atoms with van der Waals surface area (Å²) in [6.45, 7) is 10.5. The Balaban J connectivity index is 0.000000583. The molecule has 0 fully saturated rings. The molecule has 3 N–H and O–H groups in total. The van der Waals surface area contributed by atoms with E-state index in [0.29, 0.717) is 0 Å². The van der Waals surface area contributed by atoms with E-state index >= 15 is 0 Å². The first-order valence-corrected chi connectivity index (χ1v) is 11.2. The molecule has 2 aliphatic rings. The minimum atomic E-state index is -4.98. The average Bonchev–Trinajstić information content (AvgIpc) is 3.42. The van der Waals surface area contributed by atoms with Gasteiger partial charge in [-0.2, -0.15) is 36.4 Å². The van der Waals surface area contributed by atoms with Crippen molar-refractivity contribution in [1.29, 1.82) is 0 Å². The van der Waals surface area contributed by atoms with Crippen LogP contribution in [0.3, 0.4) is 0 Å². The zero-order valence-electron chi connectivity index (χ0n) is 17.5. The molecule has 32 heavy (non-hydrogen) atoms. The van der Waals surface area contributed by atoms with Crippen molar-refractivity contribution in [2.24, 2.45) is 10.2 Å². The molecule has 0 spiro atoms. The molecule has 0 amide bonds. The molecular weight excluding hydrogens is 468 g/mol. The highest BCUT2D eigenvalue weighted by Crippen LogP contribution is 2.27. The Kier molecular flexibility index (Phi) is 11.5. The van der Waals surface area contributed by atoms with Crippen molar-refractivity contribution in [1.82, 2.24) is 25.8 Å². The fourth-order valence-electron chi connectivity index (χ4n) is 2.62. The standard InChI is InChI=1S/C14H24N4.C2HF2N3O2S.CH4.O2S/c1-13(2,11-7-5-9-15-11)17-18-14(3,4)12-8-6-10-16-12;3-1-5-2(7-6-1)10(4,8)9;;1-3-2/h7-8,15-16H,5-6,9-10H2,1-4H3;(H,5,6,7);1H4;. The minimum absolute atomic E-state index is 0. The van der Waals surface area contributed by atoms with Crippen LogP contribution in [0.25, 0.3) is 0 Å². The van der Waals surface area contributed by atoms with Gasteiger partial charge in [0.2, 0.25) is 0 Å². The number of aromatic nitrogens is 3. The molecular formula is C17H29F2N7O4S2. The number of hydrogen-bond acceptors (Lipinski definition) is 10. The maximum Gasteiger partial charge on any atom is 0.370 e. The summed E-state index contributed by atoms with van der Waals surface area (Å²) in [6, 6.07) is 0. The average molecular weight is 498 g/mol. The molecule has 11 nitrogen and oxygen atoms in total. The van der Waals surface area contributed by atoms with E-state index < -0.39 is 33.0 Å². The molecule has 0 atom stereocenters. The number of halogens is 2. The third-order valence-electron chi connectivity index (χ3n) is 4.14. The van der Waals surface area contributed by atoms with Crippen molar-refractivity contribution in [3.8, 4) is 0 Å². The van der Waals surface area contributed by atoms with Gasteiger partial charge in [-0.3, -0.25) is 0 Å². The zero-order valence-corrected chi connectivity index (χ0v) is 19.1. The molecule has 3 heterocycles. The van der Waals surface area contributed by atoms with Crippen LogP contribution in [0.5, 0.6) is 0 Å². The van der Waals surface area contributed by atoms with E-state index in [4.69, 9.17) is 8.42 Å². The lowest BCUT2D eigenvalue weighted by atomic mass is 10.0. The van der Waals surface area contributed by atoms with Crippen molar-refractivity contribution in [2.75, 3.05) is 13.1 Å².